The van der Waals surface area contributed by atoms with Crippen molar-refractivity contribution >= 4 is 22.8 Å². The number of nitrogens with zero attached hydrogens (tertiary/aromatic N) is 2. The molecule has 1 aliphatic rings. The third-order valence-corrected chi connectivity index (χ3v) is 5.97. The monoisotopic (exact) mass is 418 g/mol. The van der Waals surface area contributed by atoms with Gasteiger partial charge in [-0.3, -0.25) is 9.59 Å². The first kappa shape index (κ1) is 20.8. The summed E-state index contributed by atoms with van der Waals surface area (Å²) in [4.78, 5) is 41.3. The van der Waals surface area contributed by atoms with E-state index in [-0.39, 0.29) is 23.9 Å². The Morgan fingerprint density at radius 2 is 1.61 bits per heavy atom. The molecule has 0 aliphatic carbocycles. The molecular weight excluding hydrogens is 392 g/mol. The van der Waals surface area contributed by atoms with E-state index in [4.69, 9.17) is 4.42 Å². The zero-order valence-corrected chi connectivity index (χ0v) is 17.9. The number of carbonyl (C=O) groups excluding carboxylic acids is 2. The fourth-order valence-electron chi connectivity index (χ4n) is 4.10. The van der Waals surface area contributed by atoms with Gasteiger partial charge in [-0.1, -0.05) is 30.3 Å². The van der Waals surface area contributed by atoms with Gasteiger partial charge in [-0.25, -0.2) is 4.79 Å². The van der Waals surface area contributed by atoms with Gasteiger partial charge in [0.2, 0.25) is 5.91 Å². The average molecular weight is 418 g/mol. The first-order valence-corrected chi connectivity index (χ1v) is 10.6. The summed E-state index contributed by atoms with van der Waals surface area (Å²) in [5.41, 5.74) is 3.33. The average Bonchev–Trinajstić information content (AvgIpc) is 2.78. The Bertz CT molecular complexity index is 1180. The van der Waals surface area contributed by atoms with Crippen LogP contribution in [0.3, 0.4) is 0 Å². The highest BCUT2D eigenvalue weighted by atomic mass is 16.4. The molecule has 0 unspecified atom stereocenters. The second kappa shape index (κ2) is 8.76. The zero-order valence-electron chi connectivity index (χ0n) is 17.9. The first-order valence-electron chi connectivity index (χ1n) is 10.6. The smallest absolute Gasteiger partial charge is 0.339 e. The van der Waals surface area contributed by atoms with E-state index in [2.05, 4.69) is 0 Å². The van der Waals surface area contributed by atoms with Gasteiger partial charge in [0.25, 0.3) is 5.91 Å². The summed E-state index contributed by atoms with van der Waals surface area (Å²) in [6.45, 7) is 5.88. The highest BCUT2D eigenvalue weighted by molar-refractivity contribution is 5.94. The van der Waals surface area contributed by atoms with Gasteiger partial charge in [-0.05, 0) is 49.6 Å². The molecule has 0 N–H and O–H groups in total. The van der Waals surface area contributed by atoms with Crippen LogP contribution in [0.4, 0.5) is 0 Å². The molecule has 31 heavy (non-hydrogen) atoms. The van der Waals surface area contributed by atoms with Crippen LogP contribution in [0.25, 0.3) is 11.0 Å². The van der Waals surface area contributed by atoms with E-state index >= 15 is 0 Å². The topological polar surface area (TPSA) is 70.8 Å². The fourth-order valence-corrected chi connectivity index (χ4v) is 4.10. The molecule has 160 valence electrons. The Kier molecular flexibility index (Phi) is 5.89. The van der Waals surface area contributed by atoms with Gasteiger partial charge >= 0.3 is 5.63 Å². The molecule has 0 bridgehead atoms. The molecule has 0 spiro atoms. The zero-order chi connectivity index (χ0) is 22.0. The maximum absolute atomic E-state index is 12.7. The summed E-state index contributed by atoms with van der Waals surface area (Å²) in [5.74, 6) is -0.0121. The van der Waals surface area contributed by atoms with Crippen LogP contribution in [0.15, 0.2) is 57.7 Å². The third-order valence-electron chi connectivity index (χ3n) is 5.97. The Balaban J connectivity index is 1.37. The van der Waals surface area contributed by atoms with Crippen molar-refractivity contribution in [2.45, 2.75) is 26.7 Å². The molecule has 1 saturated heterocycles. The summed E-state index contributed by atoms with van der Waals surface area (Å²) in [6.07, 6.45) is 0.593. The van der Waals surface area contributed by atoms with Gasteiger partial charge in [0.15, 0.2) is 0 Å². The standard InChI is InChI=1S/C25H26N2O4/c1-17-8-9-20-18(2)21(25(30)31-22(20)16-17)10-11-23(28)26-12-14-27(15-13-26)24(29)19-6-4-3-5-7-19/h3-9,16H,10-15H2,1-2H3. The van der Waals surface area contributed by atoms with Crippen LogP contribution in [0.2, 0.25) is 0 Å². The summed E-state index contributed by atoms with van der Waals surface area (Å²) in [7, 11) is 0. The maximum atomic E-state index is 12.7. The van der Waals surface area contributed by atoms with E-state index in [9.17, 15) is 14.4 Å². The number of carbonyl (C=O) groups is 2. The van der Waals surface area contributed by atoms with Crippen molar-refractivity contribution in [2.75, 3.05) is 26.2 Å². The minimum atomic E-state index is -0.373. The summed E-state index contributed by atoms with van der Waals surface area (Å²) in [5, 5.41) is 0.903. The van der Waals surface area contributed by atoms with E-state index in [1.165, 1.54) is 0 Å². The van der Waals surface area contributed by atoms with E-state index in [1.807, 2.05) is 50.2 Å². The molecule has 2 aromatic carbocycles. The van der Waals surface area contributed by atoms with Crippen LogP contribution in [0.5, 0.6) is 0 Å². The Morgan fingerprint density at radius 3 is 2.32 bits per heavy atom. The van der Waals surface area contributed by atoms with Gasteiger partial charge in [0.05, 0.1) is 0 Å². The van der Waals surface area contributed by atoms with Gasteiger partial charge in [0.1, 0.15) is 5.58 Å². The number of rotatable bonds is 4. The number of piperazine rings is 1. The summed E-state index contributed by atoms with van der Waals surface area (Å²) in [6, 6.07) is 15.0. The van der Waals surface area contributed by atoms with Crippen LogP contribution in [-0.4, -0.2) is 47.8 Å². The van der Waals surface area contributed by atoms with Crippen molar-refractivity contribution in [3.05, 3.63) is 81.2 Å². The van der Waals surface area contributed by atoms with E-state index < -0.39 is 0 Å². The molecular formula is C25H26N2O4. The van der Waals surface area contributed by atoms with Crippen molar-refractivity contribution < 1.29 is 14.0 Å². The quantitative estimate of drug-likeness (QED) is 0.610. The van der Waals surface area contributed by atoms with Gasteiger partial charge < -0.3 is 14.2 Å². The van der Waals surface area contributed by atoms with E-state index in [0.717, 1.165) is 16.5 Å². The first-order chi connectivity index (χ1) is 14.9. The summed E-state index contributed by atoms with van der Waals surface area (Å²) >= 11 is 0. The molecule has 1 fully saturated rings. The molecule has 4 rings (SSSR count). The van der Waals surface area contributed by atoms with E-state index in [0.29, 0.717) is 49.3 Å². The lowest BCUT2D eigenvalue weighted by Crippen LogP contribution is -2.50. The lowest BCUT2D eigenvalue weighted by atomic mass is 10.0. The van der Waals surface area contributed by atoms with Gasteiger partial charge in [0, 0.05) is 49.1 Å². The lowest BCUT2D eigenvalue weighted by Gasteiger charge is -2.35. The fraction of sp³-hybridized carbons (Fsp3) is 0.320. The number of fused-ring (bicyclic) bond motifs is 1. The highest BCUT2D eigenvalue weighted by Crippen LogP contribution is 2.21. The molecule has 3 aromatic rings. The number of hydrogen-bond acceptors (Lipinski definition) is 4. The molecule has 0 atom stereocenters. The van der Waals surface area contributed by atoms with E-state index in [1.54, 1.807) is 21.9 Å². The molecule has 1 aliphatic heterocycles. The molecule has 2 amide bonds. The molecule has 6 heteroatoms. The number of amides is 2. The maximum Gasteiger partial charge on any atom is 0.339 e. The predicted molar refractivity (Wildman–Crippen MR) is 119 cm³/mol. The lowest BCUT2D eigenvalue weighted by molar-refractivity contribution is -0.132. The number of benzene rings is 2. The Morgan fingerprint density at radius 1 is 0.935 bits per heavy atom. The Hall–Kier alpha value is -3.41. The van der Waals surface area contributed by atoms with Crippen LogP contribution < -0.4 is 5.63 Å². The van der Waals surface area contributed by atoms with Crippen molar-refractivity contribution in [3.8, 4) is 0 Å². The minimum absolute atomic E-state index is 0.00499. The normalized spacial score (nSPS) is 14.1. The van der Waals surface area contributed by atoms with Crippen LogP contribution in [0.1, 0.15) is 33.5 Å². The largest absolute Gasteiger partial charge is 0.423 e. The SMILES string of the molecule is Cc1ccc2c(C)c(CCC(=O)N3CCN(C(=O)c4ccccc4)CC3)c(=O)oc2c1. The highest BCUT2D eigenvalue weighted by Gasteiger charge is 2.25. The van der Waals surface area contributed by atoms with Crippen molar-refractivity contribution in [1.29, 1.82) is 0 Å². The third kappa shape index (κ3) is 4.38. The van der Waals surface area contributed by atoms with Crippen LogP contribution in [-0.2, 0) is 11.2 Å². The molecule has 2 heterocycles. The Labute approximate surface area is 181 Å². The second-order valence-corrected chi connectivity index (χ2v) is 8.03. The number of hydrogen-bond donors (Lipinski definition) is 0. The molecule has 0 saturated carbocycles. The van der Waals surface area contributed by atoms with Gasteiger partial charge in [-0.15, -0.1) is 0 Å². The van der Waals surface area contributed by atoms with Gasteiger partial charge in [-0.2, -0.15) is 0 Å². The molecule has 0 radical (unpaired) electrons. The molecule has 6 nitrogen and oxygen atoms in total. The predicted octanol–water partition coefficient (Wildman–Crippen LogP) is 3.33. The number of aryl methyl sites for hydroxylation is 2. The van der Waals surface area contributed by atoms with Crippen LogP contribution in [0, 0.1) is 13.8 Å². The summed E-state index contributed by atoms with van der Waals surface area (Å²) < 4.78 is 5.49. The van der Waals surface area contributed by atoms with Crippen LogP contribution >= 0.6 is 0 Å². The van der Waals surface area contributed by atoms with Crippen molar-refractivity contribution in [1.82, 2.24) is 9.80 Å². The minimum Gasteiger partial charge on any atom is -0.423 e. The van der Waals surface area contributed by atoms with Crippen molar-refractivity contribution in [3.63, 3.8) is 0 Å². The van der Waals surface area contributed by atoms with Crippen molar-refractivity contribution in [2.24, 2.45) is 0 Å². The molecule has 1 aromatic heterocycles. The second-order valence-electron chi connectivity index (χ2n) is 8.03.